The van der Waals surface area contributed by atoms with Gasteiger partial charge >= 0.3 is 12.1 Å². The van der Waals surface area contributed by atoms with Gasteiger partial charge in [0.15, 0.2) is 0 Å². The molecule has 0 atom stereocenters. The number of nitrogens with zero attached hydrogens (tertiary/aromatic N) is 1. The Kier molecular flexibility index (Phi) is 3.92. The van der Waals surface area contributed by atoms with E-state index >= 15 is 0 Å². The van der Waals surface area contributed by atoms with Gasteiger partial charge in [0.25, 0.3) is 0 Å². The van der Waals surface area contributed by atoms with E-state index in [0.29, 0.717) is 19.6 Å². The highest BCUT2D eigenvalue weighted by Gasteiger charge is 2.33. The molecule has 6 nitrogen and oxygen atoms in total. The average Bonchev–Trinajstić information content (AvgIpc) is 2.85. The summed E-state index contributed by atoms with van der Waals surface area (Å²) in [7, 11) is 0. The zero-order valence-corrected chi connectivity index (χ0v) is 12.8. The maximum Gasteiger partial charge on any atom is 0.319 e. The van der Waals surface area contributed by atoms with Crippen molar-refractivity contribution in [3.8, 4) is 0 Å². The summed E-state index contributed by atoms with van der Waals surface area (Å²) in [5, 5.41) is 8.73. The summed E-state index contributed by atoms with van der Waals surface area (Å²) in [6, 6.07) is 7.37. The Hall–Kier alpha value is -2.24. The van der Waals surface area contributed by atoms with Gasteiger partial charge < -0.3 is 20.9 Å². The highest BCUT2D eigenvalue weighted by molar-refractivity contribution is 5.90. The average molecular weight is 302 g/mol. The van der Waals surface area contributed by atoms with E-state index in [4.69, 9.17) is 0 Å². The molecule has 4 amide bonds. The van der Waals surface area contributed by atoms with E-state index < -0.39 is 0 Å². The van der Waals surface area contributed by atoms with Gasteiger partial charge in [0, 0.05) is 30.9 Å². The second kappa shape index (κ2) is 5.87. The summed E-state index contributed by atoms with van der Waals surface area (Å²) in [6.07, 6.45) is 3.21. The molecule has 3 N–H and O–H groups in total. The summed E-state index contributed by atoms with van der Waals surface area (Å²) >= 11 is 0. The minimum atomic E-state index is -0.180. The smallest absolute Gasteiger partial charge is 0.319 e. The maximum atomic E-state index is 12.2. The van der Waals surface area contributed by atoms with Crippen molar-refractivity contribution in [3.05, 3.63) is 29.8 Å². The van der Waals surface area contributed by atoms with E-state index in [1.54, 1.807) is 4.90 Å². The van der Waals surface area contributed by atoms with Crippen LogP contribution in [0.4, 0.5) is 15.3 Å². The van der Waals surface area contributed by atoms with Crippen LogP contribution in [0.15, 0.2) is 24.3 Å². The van der Waals surface area contributed by atoms with Crippen LogP contribution in [0.25, 0.3) is 0 Å². The molecular formula is C16H22N4O2. The molecule has 118 valence electrons. The molecule has 0 aromatic heterocycles. The molecule has 1 aromatic rings. The van der Waals surface area contributed by atoms with Gasteiger partial charge in [0.05, 0.1) is 0 Å². The van der Waals surface area contributed by atoms with Crippen molar-refractivity contribution >= 4 is 17.7 Å². The summed E-state index contributed by atoms with van der Waals surface area (Å²) in [5.41, 5.74) is 1.62. The third-order valence-corrected chi connectivity index (χ3v) is 4.44. The minimum Gasteiger partial charge on any atom is -0.336 e. The molecule has 2 fully saturated rings. The van der Waals surface area contributed by atoms with Gasteiger partial charge in [-0.25, -0.2) is 9.59 Å². The fourth-order valence-corrected chi connectivity index (χ4v) is 2.91. The Balaban J connectivity index is 1.65. The second-order valence-corrected chi connectivity index (χ2v) is 6.30. The van der Waals surface area contributed by atoms with Crippen LogP contribution >= 0.6 is 0 Å². The van der Waals surface area contributed by atoms with Gasteiger partial charge in [-0.3, -0.25) is 0 Å². The molecule has 0 radical (unpaired) electrons. The van der Waals surface area contributed by atoms with Crippen molar-refractivity contribution in [2.75, 3.05) is 18.4 Å². The SMILES string of the molecule is CC1(NC(=O)Nc2ccccc2CN2CCNC2=O)CCC1. The number of hydrogen-bond donors (Lipinski definition) is 3. The number of nitrogens with one attached hydrogen (secondary N) is 3. The van der Waals surface area contributed by atoms with E-state index in [2.05, 4.69) is 22.9 Å². The quantitative estimate of drug-likeness (QED) is 0.798. The zero-order valence-electron chi connectivity index (χ0n) is 12.8. The number of hydrogen-bond acceptors (Lipinski definition) is 2. The number of benzene rings is 1. The zero-order chi connectivity index (χ0) is 15.6. The Bertz CT molecular complexity index is 583. The third-order valence-electron chi connectivity index (χ3n) is 4.44. The van der Waals surface area contributed by atoms with E-state index in [1.807, 2.05) is 24.3 Å². The normalized spacial score (nSPS) is 19.3. The second-order valence-electron chi connectivity index (χ2n) is 6.30. The summed E-state index contributed by atoms with van der Waals surface area (Å²) < 4.78 is 0. The molecule has 1 aromatic carbocycles. The molecular weight excluding hydrogens is 280 g/mol. The number of urea groups is 2. The lowest BCUT2D eigenvalue weighted by atomic mass is 9.79. The number of carbonyl (C=O) groups excluding carboxylic acids is 2. The number of amides is 4. The molecule has 2 aliphatic rings. The molecule has 0 unspecified atom stereocenters. The predicted octanol–water partition coefficient (Wildman–Crippen LogP) is 2.28. The van der Waals surface area contributed by atoms with Crippen LogP contribution < -0.4 is 16.0 Å². The van der Waals surface area contributed by atoms with Gasteiger partial charge in [-0.05, 0) is 37.8 Å². The summed E-state index contributed by atoms with van der Waals surface area (Å²) in [4.78, 5) is 25.6. The Morgan fingerprint density at radius 2 is 2.14 bits per heavy atom. The first-order chi connectivity index (χ1) is 10.6. The number of para-hydroxylation sites is 1. The highest BCUT2D eigenvalue weighted by Crippen LogP contribution is 2.31. The van der Waals surface area contributed by atoms with Crippen molar-refractivity contribution in [1.82, 2.24) is 15.5 Å². The first-order valence-corrected chi connectivity index (χ1v) is 7.76. The van der Waals surface area contributed by atoms with E-state index in [0.717, 1.165) is 30.5 Å². The van der Waals surface area contributed by atoms with Crippen LogP contribution in [0.5, 0.6) is 0 Å². The predicted molar refractivity (Wildman–Crippen MR) is 84.7 cm³/mol. The topological polar surface area (TPSA) is 73.5 Å². The molecule has 3 rings (SSSR count). The molecule has 1 aliphatic carbocycles. The Labute approximate surface area is 130 Å². The van der Waals surface area contributed by atoms with Gasteiger partial charge in [0.2, 0.25) is 0 Å². The van der Waals surface area contributed by atoms with Crippen molar-refractivity contribution in [1.29, 1.82) is 0 Å². The van der Waals surface area contributed by atoms with E-state index in [-0.39, 0.29) is 17.6 Å². The fraction of sp³-hybridized carbons (Fsp3) is 0.500. The molecule has 1 aliphatic heterocycles. The Morgan fingerprint density at radius 3 is 2.77 bits per heavy atom. The summed E-state index contributed by atoms with van der Waals surface area (Å²) in [6.45, 7) is 3.93. The van der Waals surface area contributed by atoms with Gasteiger partial charge in [0.1, 0.15) is 0 Å². The molecule has 0 bridgehead atoms. The fourth-order valence-electron chi connectivity index (χ4n) is 2.91. The summed E-state index contributed by atoms with van der Waals surface area (Å²) in [5.74, 6) is 0. The lowest BCUT2D eigenvalue weighted by molar-refractivity contribution is 0.200. The number of rotatable bonds is 4. The van der Waals surface area contributed by atoms with Crippen LogP contribution in [0.3, 0.4) is 0 Å². The largest absolute Gasteiger partial charge is 0.336 e. The van der Waals surface area contributed by atoms with Crippen LogP contribution in [0.1, 0.15) is 31.7 Å². The molecule has 22 heavy (non-hydrogen) atoms. The van der Waals surface area contributed by atoms with Crippen LogP contribution in [-0.2, 0) is 6.54 Å². The molecule has 1 saturated carbocycles. The van der Waals surface area contributed by atoms with Gasteiger partial charge in [-0.2, -0.15) is 0 Å². The first kappa shape index (κ1) is 14.7. The van der Waals surface area contributed by atoms with E-state index in [1.165, 1.54) is 0 Å². The van der Waals surface area contributed by atoms with Gasteiger partial charge in [-0.15, -0.1) is 0 Å². The standard InChI is InChI=1S/C16H22N4O2/c1-16(7-4-8-16)19-14(21)18-13-6-3-2-5-12(13)11-20-10-9-17-15(20)22/h2-3,5-6H,4,7-11H2,1H3,(H,17,22)(H2,18,19,21). The molecule has 1 saturated heterocycles. The monoisotopic (exact) mass is 302 g/mol. The first-order valence-electron chi connectivity index (χ1n) is 7.76. The lowest BCUT2D eigenvalue weighted by Gasteiger charge is -2.39. The highest BCUT2D eigenvalue weighted by atomic mass is 16.2. The van der Waals surface area contributed by atoms with Gasteiger partial charge in [-0.1, -0.05) is 18.2 Å². The minimum absolute atomic E-state index is 0.0544. The van der Waals surface area contributed by atoms with Crippen LogP contribution in [0, 0.1) is 0 Å². The Morgan fingerprint density at radius 1 is 1.36 bits per heavy atom. The van der Waals surface area contributed by atoms with Crippen molar-refractivity contribution in [2.45, 2.75) is 38.3 Å². The van der Waals surface area contributed by atoms with Crippen molar-refractivity contribution in [3.63, 3.8) is 0 Å². The maximum absolute atomic E-state index is 12.2. The van der Waals surface area contributed by atoms with Crippen molar-refractivity contribution in [2.24, 2.45) is 0 Å². The van der Waals surface area contributed by atoms with E-state index in [9.17, 15) is 9.59 Å². The lowest BCUT2D eigenvalue weighted by Crippen LogP contribution is -2.52. The van der Waals surface area contributed by atoms with Crippen LogP contribution in [0.2, 0.25) is 0 Å². The molecule has 0 spiro atoms. The van der Waals surface area contributed by atoms with Crippen LogP contribution in [-0.4, -0.2) is 35.6 Å². The number of carbonyl (C=O) groups is 2. The van der Waals surface area contributed by atoms with Crippen molar-refractivity contribution < 1.29 is 9.59 Å². The number of anilines is 1. The molecule has 1 heterocycles. The molecule has 6 heteroatoms. The third kappa shape index (κ3) is 3.16.